The minimum Gasteiger partial charge on any atom is -0.508 e. The summed E-state index contributed by atoms with van der Waals surface area (Å²) in [6.07, 6.45) is 3.11. The highest BCUT2D eigenvalue weighted by Gasteiger charge is 2.44. The van der Waals surface area contributed by atoms with E-state index in [1.54, 1.807) is 24.3 Å². The summed E-state index contributed by atoms with van der Waals surface area (Å²) in [6.45, 7) is 0. The van der Waals surface area contributed by atoms with Crippen LogP contribution in [0.1, 0.15) is 24.8 Å². The summed E-state index contributed by atoms with van der Waals surface area (Å²) in [6, 6.07) is 6.78. The molecule has 0 saturated heterocycles. The first-order valence-electron chi connectivity index (χ1n) is 5.14. The van der Waals surface area contributed by atoms with E-state index in [4.69, 9.17) is 10.2 Å². The van der Waals surface area contributed by atoms with Crippen LogP contribution in [0.15, 0.2) is 24.3 Å². The maximum absolute atomic E-state index is 11.1. The van der Waals surface area contributed by atoms with E-state index in [-0.39, 0.29) is 5.75 Å². The van der Waals surface area contributed by atoms with Crippen molar-refractivity contribution in [1.29, 1.82) is 0 Å². The molecule has 0 radical (unpaired) electrons. The van der Waals surface area contributed by atoms with Crippen molar-refractivity contribution < 1.29 is 15.0 Å². The zero-order valence-electron chi connectivity index (χ0n) is 8.44. The number of aromatic hydroxyl groups is 1. The molecule has 3 heteroatoms. The molecule has 0 spiro atoms. The number of hydrogen-bond donors (Lipinski definition) is 2. The molecule has 1 fully saturated rings. The van der Waals surface area contributed by atoms with Gasteiger partial charge in [-0.3, -0.25) is 4.79 Å². The first kappa shape index (κ1) is 10.0. The molecule has 1 aliphatic carbocycles. The van der Waals surface area contributed by atoms with Crippen molar-refractivity contribution in [3.63, 3.8) is 0 Å². The summed E-state index contributed by atoms with van der Waals surface area (Å²) in [7, 11) is 0. The Morgan fingerprint density at radius 2 is 1.87 bits per heavy atom. The van der Waals surface area contributed by atoms with Crippen LogP contribution in [0.4, 0.5) is 0 Å². The van der Waals surface area contributed by atoms with E-state index in [1.807, 2.05) is 0 Å². The highest BCUT2D eigenvalue weighted by Crippen LogP contribution is 2.44. The average Bonchev–Trinajstić information content (AvgIpc) is 2.13. The molecule has 1 saturated carbocycles. The van der Waals surface area contributed by atoms with Crippen molar-refractivity contribution in [1.82, 2.24) is 0 Å². The van der Waals surface area contributed by atoms with Crippen LogP contribution < -0.4 is 0 Å². The number of carboxylic acids is 1. The maximum atomic E-state index is 11.1. The van der Waals surface area contributed by atoms with E-state index < -0.39 is 11.4 Å². The predicted molar refractivity (Wildman–Crippen MR) is 55.7 cm³/mol. The molecule has 0 atom stereocenters. The monoisotopic (exact) mass is 206 g/mol. The van der Waals surface area contributed by atoms with E-state index in [0.29, 0.717) is 6.42 Å². The average molecular weight is 206 g/mol. The minimum absolute atomic E-state index is 0.219. The fourth-order valence-electron chi connectivity index (χ4n) is 2.07. The molecule has 80 valence electrons. The summed E-state index contributed by atoms with van der Waals surface area (Å²) in [5.41, 5.74) is 0.437. The van der Waals surface area contributed by atoms with Crippen LogP contribution in [0.2, 0.25) is 0 Å². The van der Waals surface area contributed by atoms with Crippen LogP contribution in [-0.4, -0.2) is 16.2 Å². The third kappa shape index (κ3) is 1.82. The summed E-state index contributed by atoms with van der Waals surface area (Å²) in [4.78, 5) is 11.1. The molecule has 0 heterocycles. The molecule has 0 aliphatic heterocycles. The van der Waals surface area contributed by atoms with Crippen molar-refractivity contribution in [2.24, 2.45) is 5.41 Å². The van der Waals surface area contributed by atoms with E-state index in [1.165, 1.54) is 0 Å². The molecule has 1 aliphatic rings. The van der Waals surface area contributed by atoms with Crippen molar-refractivity contribution in [3.05, 3.63) is 29.8 Å². The van der Waals surface area contributed by atoms with Crippen LogP contribution in [0.25, 0.3) is 0 Å². The summed E-state index contributed by atoms with van der Waals surface area (Å²) < 4.78 is 0. The Morgan fingerprint density at radius 3 is 2.27 bits per heavy atom. The van der Waals surface area contributed by atoms with Gasteiger partial charge in [0.25, 0.3) is 0 Å². The number of hydrogen-bond acceptors (Lipinski definition) is 2. The number of rotatable bonds is 3. The third-order valence-electron chi connectivity index (χ3n) is 3.24. The molecular weight excluding hydrogens is 192 g/mol. The van der Waals surface area contributed by atoms with E-state index in [0.717, 1.165) is 24.8 Å². The van der Waals surface area contributed by atoms with Gasteiger partial charge in [0.05, 0.1) is 5.41 Å². The Kier molecular flexibility index (Phi) is 2.39. The Labute approximate surface area is 88.4 Å². The lowest BCUT2D eigenvalue weighted by atomic mass is 9.65. The first-order chi connectivity index (χ1) is 7.12. The van der Waals surface area contributed by atoms with Crippen LogP contribution in [0, 0.1) is 5.41 Å². The smallest absolute Gasteiger partial charge is 0.309 e. The summed E-state index contributed by atoms with van der Waals surface area (Å²) >= 11 is 0. The minimum atomic E-state index is -0.693. The second-order valence-corrected chi connectivity index (χ2v) is 4.28. The van der Waals surface area contributed by atoms with Crippen LogP contribution in [0.3, 0.4) is 0 Å². The zero-order chi connectivity index (χ0) is 10.9. The number of benzene rings is 1. The van der Waals surface area contributed by atoms with Gasteiger partial charge in [-0.05, 0) is 37.0 Å². The second kappa shape index (κ2) is 3.57. The molecule has 0 amide bonds. The number of phenolic OH excluding ortho intramolecular Hbond substituents is 1. The standard InChI is InChI=1S/C12H14O3/c13-10-4-2-9(3-5-10)8-12(11(14)15)6-1-7-12/h2-5,13H,1,6-8H2,(H,14,15). The summed E-state index contributed by atoms with van der Waals surface area (Å²) in [5, 5.41) is 18.3. The zero-order valence-corrected chi connectivity index (χ0v) is 8.44. The van der Waals surface area contributed by atoms with Gasteiger partial charge >= 0.3 is 5.97 Å². The Morgan fingerprint density at radius 1 is 1.27 bits per heavy atom. The SMILES string of the molecule is O=C(O)C1(Cc2ccc(O)cc2)CCC1. The van der Waals surface area contributed by atoms with Crippen molar-refractivity contribution >= 4 is 5.97 Å². The Hall–Kier alpha value is -1.51. The lowest BCUT2D eigenvalue weighted by Gasteiger charge is -2.37. The number of phenols is 1. The molecule has 1 aromatic carbocycles. The maximum Gasteiger partial charge on any atom is 0.309 e. The van der Waals surface area contributed by atoms with Gasteiger partial charge in [-0.2, -0.15) is 0 Å². The molecule has 0 bridgehead atoms. The molecule has 15 heavy (non-hydrogen) atoms. The number of carbonyl (C=O) groups is 1. The lowest BCUT2D eigenvalue weighted by Crippen LogP contribution is -2.39. The highest BCUT2D eigenvalue weighted by molar-refractivity contribution is 5.76. The van der Waals surface area contributed by atoms with Gasteiger partial charge in [-0.15, -0.1) is 0 Å². The van der Waals surface area contributed by atoms with Crippen LogP contribution >= 0.6 is 0 Å². The molecule has 1 aromatic rings. The predicted octanol–water partition coefficient (Wildman–Crippen LogP) is 2.19. The van der Waals surface area contributed by atoms with Crippen LogP contribution in [0.5, 0.6) is 5.75 Å². The summed E-state index contributed by atoms with van der Waals surface area (Å²) in [5.74, 6) is -0.474. The third-order valence-corrected chi connectivity index (χ3v) is 3.24. The Balaban J connectivity index is 2.13. The van der Waals surface area contributed by atoms with Gasteiger partial charge in [0, 0.05) is 0 Å². The van der Waals surface area contributed by atoms with Gasteiger partial charge in [0.15, 0.2) is 0 Å². The fraction of sp³-hybridized carbons (Fsp3) is 0.417. The van der Waals surface area contributed by atoms with E-state index >= 15 is 0 Å². The quantitative estimate of drug-likeness (QED) is 0.797. The van der Waals surface area contributed by atoms with Crippen molar-refractivity contribution in [3.8, 4) is 5.75 Å². The van der Waals surface area contributed by atoms with Crippen molar-refractivity contribution in [2.75, 3.05) is 0 Å². The lowest BCUT2D eigenvalue weighted by molar-refractivity contribution is -0.154. The van der Waals surface area contributed by atoms with E-state index in [2.05, 4.69) is 0 Å². The number of aliphatic carboxylic acids is 1. The number of carboxylic acid groups (broad SMARTS) is 1. The van der Waals surface area contributed by atoms with Gasteiger partial charge in [-0.1, -0.05) is 18.6 Å². The fourth-order valence-corrected chi connectivity index (χ4v) is 2.07. The van der Waals surface area contributed by atoms with E-state index in [9.17, 15) is 4.79 Å². The molecule has 2 N–H and O–H groups in total. The molecule has 3 nitrogen and oxygen atoms in total. The molecular formula is C12H14O3. The first-order valence-corrected chi connectivity index (χ1v) is 5.14. The van der Waals surface area contributed by atoms with Gasteiger partial charge < -0.3 is 10.2 Å². The molecule has 0 unspecified atom stereocenters. The van der Waals surface area contributed by atoms with Gasteiger partial charge in [0.2, 0.25) is 0 Å². The second-order valence-electron chi connectivity index (χ2n) is 4.28. The normalized spacial score (nSPS) is 18.1. The highest BCUT2D eigenvalue weighted by atomic mass is 16.4. The molecule has 2 rings (SSSR count). The molecule has 0 aromatic heterocycles. The van der Waals surface area contributed by atoms with Gasteiger partial charge in [0.1, 0.15) is 5.75 Å². The van der Waals surface area contributed by atoms with Crippen molar-refractivity contribution in [2.45, 2.75) is 25.7 Å². The van der Waals surface area contributed by atoms with Gasteiger partial charge in [-0.25, -0.2) is 0 Å². The van der Waals surface area contributed by atoms with Crippen LogP contribution in [-0.2, 0) is 11.2 Å². The largest absolute Gasteiger partial charge is 0.508 e. The Bertz CT molecular complexity index is 363. The topological polar surface area (TPSA) is 57.5 Å².